The number of aryl methyl sites for hydroxylation is 1. The zero-order valence-corrected chi connectivity index (χ0v) is 16.3. The number of fused-ring (bicyclic) bond motifs is 1. The molecule has 0 aliphatic carbocycles. The van der Waals surface area contributed by atoms with Gasteiger partial charge in [-0.1, -0.05) is 24.6 Å². The molecule has 0 N–H and O–H groups in total. The molecule has 0 spiro atoms. The largest absolute Gasteiger partial charge is 0.485 e. The van der Waals surface area contributed by atoms with Crippen molar-refractivity contribution in [2.75, 3.05) is 13.2 Å². The van der Waals surface area contributed by atoms with Crippen LogP contribution < -0.4 is 4.74 Å². The monoisotopic (exact) mass is 388 g/mol. The molecule has 27 heavy (non-hydrogen) atoms. The Bertz CT molecular complexity index is 889. The van der Waals surface area contributed by atoms with Gasteiger partial charge in [0, 0.05) is 5.92 Å². The van der Waals surface area contributed by atoms with E-state index < -0.39 is 9.84 Å². The molecule has 2 unspecified atom stereocenters. The highest BCUT2D eigenvalue weighted by atomic mass is 32.2. The predicted molar refractivity (Wildman–Crippen MR) is 101 cm³/mol. The summed E-state index contributed by atoms with van der Waals surface area (Å²) in [5.41, 5.74) is 1.02. The maximum Gasteiger partial charge on any atom is 0.206 e. The third kappa shape index (κ3) is 3.49. The molecule has 144 valence electrons. The van der Waals surface area contributed by atoms with E-state index in [1.165, 1.54) is 0 Å². The van der Waals surface area contributed by atoms with Crippen LogP contribution in [0.4, 0.5) is 0 Å². The molecule has 4 rings (SSSR count). The minimum atomic E-state index is -3.53. The second-order valence-electron chi connectivity index (χ2n) is 7.21. The maximum absolute atomic E-state index is 12.7. The second kappa shape index (κ2) is 7.26. The number of sulfone groups is 1. The topological polar surface area (TPSA) is 61.8 Å². The Morgan fingerprint density at radius 2 is 1.52 bits per heavy atom. The summed E-state index contributed by atoms with van der Waals surface area (Å²) in [6, 6.07) is 13.4. The van der Waals surface area contributed by atoms with Crippen LogP contribution >= 0.6 is 0 Å². The summed E-state index contributed by atoms with van der Waals surface area (Å²) in [5.74, 6) is 1.04. The predicted octanol–water partition coefficient (Wildman–Crippen LogP) is 3.40. The summed E-state index contributed by atoms with van der Waals surface area (Å²) < 4.78 is 43.2. The molecule has 0 aromatic heterocycles. The van der Waals surface area contributed by atoms with Crippen LogP contribution in [0, 0.1) is 12.8 Å². The van der Waals surface area contributed by atoms with E-state index in [-0.39, 0.29) is 23.2 Å². The van der Waals surface area contributed by atoms with Crippen molar-refractivity contribution in [1.29, 1.82) is 0 Å². The normalized spacial score (nSPS) is 27.5. The van der Waals surface area contributed by atoms with E-state index in [1.807, 2.05) is 6.92 Å². The van der Waals surface area contributed by atoms with E-state index in [1.54, 1.807) is 48.5 Å². The molecule has 2 fully saturated rings. The summed E-state index contributed by atoms with van der Waals surface area (Å²) in [5, 5.41) is 0. The second-order valence-corrected chi connectivity index (χ2v) is 9.16. The fourth-order valence-corrected chi connectivity index (χ4v) is 4.98. The summed E-state index contributed by atoms with van der Waals surface area (Å²) >= 11 is 0. The average Bonchev–Trinajstić information content (AvgIpc) is 3.25. The van der Waals surface area contributed by atoms with Gasteiger partial charge in [-0.05, 0) is 49.7 Å². The fraction of sp³-hybridized carbons (Fsp3) is 0.429. The molecule has 2 heterocycles. The highest BCUT2D eigenvalue weighted by molar-refractivity contribution is 7.91. The minimum absolute atomic E-state index is 0.0501. The molecular weight excluding hydrogens is 364 g/mol. The molecular formula is C21H24O5S. The molecule has 5 nitrogen and oxygen atoms in total. The van der Waals surface area contributed by atoms with Crippen molar-refractivity contribution in [2.24, 2.45) is 5.92 Å². The van der Waals surface area contributed by atoms with Crippen LogP contribution in [0.3, 0.4) is 0 Å². The third-order valence-corrected chi connectivity index (χ3v) is 7.17. The lowest BCUT2D eigenvalue weighted by molar-refractivity contribution is 0.0295. The van der Waals surface area contributed by atoms with Gasteiger partial charge in [0.1, 0.15) is 11.9 Å². The van der Waals surface area contributed by atoms with Crippen molar-refractivity contribution in [3.8, 4) is 5.75 Å². The lowest BCUT2D eigenvalue weighted by Crippen LogP contribution is -2.33. The van der Waals surface area contributed by atoms with E-state index in [9.17, 15) is 8.42 Å². The van der Waals surface area contributed by atoms with Crippen LogP contribution in [0.1, 0.15) is 18.9 Å². The Morgan fingerprint density at radius 3 is 2.15 bits per heavy atom. The van der Waals surface area contributed by atoms with Gasteiger partial charge in [-0.3, -0.25) is 0 Å². The summed E-state index contributed by atoms with van der Waals surface area (Å²) in [7, 11) is -3.53. The first-order valence-corrected chi connectivity index (χ1v) is 10.8. The zero-order valence-electron chi connectivity index (χ0n) is 15.5. The van der Waals surface area contributed by atoms with Gasteiger partial charge >= 0.3 is 0 Å². The van der Waals surface area contributed by atoms with Crippen LogP contribution in [0.5, 0.6) is 5.75 Å². The van der Waals surface area contributed by atoms with E-state index in [4.69, 9.17) is 14.2 Å². The number of hydrogen-bond donors (Lipinski definition) is 0. The van der Waals surface area contributed by atoms with Gasteiger partial charge < -0.3 is 14.2 Å². The van der Waals surface area contributed by atoms with Gasteiger partial charge in [0.15, 0.2) is 6.10 Å². The number of rotatable bonds is 5. The van der Waals surface area contributed by atoms with Gasteiger partial charge in [-0.15, -0.1) is 0 Å². The van der Waals surface area contributed by atoms with Gasteiger partial charge in [-0.2, -0.15) is 0 Å². The third-order valence-electron chi connectivity index (χ3n) is 5.39. The van der Waals surface area contributed by atoms with Gasteiger partial charge in [-0.25, -0.2) is 8.42 Å². The summed E-state index contributed by atoms with van der Waals surface area (Å²) in [6.07, 6.45) is 0.914. The molecule has 2 saturated heterocycles. The molecule has 2 aromatic carbocycles. The highest BCUT2D eigenvalue weighted by Crippen LogP contribution is 2.35. The Kier molecular flexibility index (Phi) is 4.97. The first-order chi connectivity index (χ1) is 13.0. The molecule has 0 radical (unpaired) electrons. The minimum Gasteiger partial charge on any atom is -0.485 e. The molecule has 2 aromatic rings. The van der Waals surface area contributed by atoms with Crippen molar-refractivity contribution in [1.82, 2.24) is 0 Å². The molecule has 2 aliphatic heterocycles. The van der Waals surface area contributed by atoms with E-state index in [2.05, 4.69) is 6.92 Å². The molecule has 6 heteroatoms. The Hall–Kier alpha value is -1.89. The summed E-state index contributed by atoms with van der Waals surface area (Å²) in [6.45, 7) is 5.27. The standard InChI is InChI=1S/C21H24O5S/c1-3-15-12-24-21-19(13-25-20(15)21)26-16-6-10-18(11-7-16)27(22,23)17-8-4-14(2)5-9-17/h4-11,15,19-21H,3,12-13H2,1-2H3/t15-,19?,20+,21?/m0/s1. The van der Waals surface area contributed by atoms with Crippen LogP contribution in [0.2, 0.25) is 0 Å². The van der Waals surface area contributed by atoms with Gasteiger partial charge in [0.2, 0.25) is 9.84 Å². The smallest absolute Gasteiger partial charge is 0.206 e. The zero-order chi connectivity index (χ0) is 19.0. The van der Waals surface area contributed by atoms with Crippen LogP contribution in [0.15, 0.2) is 58.3 Å². The molecule has 0 amide bonds. The van der Waals surface area contributed by atoms with Crippen LogP contribution in [-0.2, 0) is 19.3 Å². The Balaban J connectivity index is 1.47. The van der Waals surface area contributed by atoms with Crippen LogP contribution in [0.25, 0.3) is 0 Å². The highest BCUT2D eigenvalue weighted by Gasteiger charge is 2.48. The van der Waals surface area contributed by atoms with Gasteiger partial charge in [0.25, 0.3) is 0 Å². The van der Waals surface area contributed by atoms with E-state index in [0.29, 0.717) is 29.8 Å². The Labute approximate surface area is 160 Å². The van der Waals surface area contributed by atoms with E-state index in [0.717, 1.165) is 12.0 Å². The van der Waals surface area contributed by atoms with Crippen molar-refractivity contribution in [3.63, 3.8) is 0 Å². The number of hydrogen-bond acceptors (Lipinski definition) is 5. The average molecular weight is 388 g/mol. The van der Waals surface area contributed by atoms with Crippen molar-refractivity contribution < 1.29 is 22.6 Å². The number of benzene rings is 2. The Morgan fingerprint density at radius 1 is 0.926 bits per heavy atom. The first kappa shape index (κ1) is 18.5. The summed E-state index contributed by atoms with van der Waals surface area (Å²) in [4.78, 5) is 0.543. The van der Waals surface area contributed by atoms with Gasteiger partial charge in [0.05, 0.1) is 29.1 Å². The molecule has 0 saturated carbocycles. The van der Waals surface area contributed by atoms with Crippen molar-refractivity contribution in [2.45, 2.75) is 48.4 Å². The fourth-order valence-electron chi connectivity index (χ4n) is 3.72. The lowest BCUT2D eigenvalue weighted by Gasteiger charge is -2.18. The number of ether oxygens (including phenoxy) is 3. The van der Waals surface area contributed by atoms with E-state index >= 15 is 0 Å². The molecule has 0 bridgehead atoms. The quantitative estimate of drug-likeness (QED) is 0.786. The first-order valence-electron chi connectivity index (χ1n) is 9.30. The van der Waals surface area contributed by atoms with Crippen LogP contribution in [-0.4, -0.2) is 39.9 Å². The van der Waals surface area contributed by atoms with Crippen molar-refractivity contribution in [3.05, 3.63) is 54.1 Å². The SMILES string of the molecule is CC[C@H]1COC2C(Oc3ccc(S(=O)(=O)c4ccc(C)cc4)cc3)CO[C@@H]21. The lowest BCUT2D eigenvalue weighted by atomic mass is 9.99. The maximum atomic E-state index is 12.7. The van der Waals surface area contributed by atoms with Crippen molar-refractivity contribution >= 4 is 9.84 Å². The molecule has 4 atom stereocenters. The molecule has 2 aliphatic rings.